The van der Waals surface area contributed by atoms with Gasteiger partial charge in [0.15, 0.2) is 9.84 Å². The van der Waals surface area contributed by atoms with Gasteiger partial charge < -0.3 is 5.11 Å². The maximum atomic E-state index is 11.2. The van der Waals surface area contributed by atoms with Gasteiger partial charge in [-0.05, 0) is 12.8 Å². The fourth-order valence-corrected chi connectivity index (χ4v) is 2.59. The third-order valence-corrected chi connectivity index (χ3v) is 4.13. The average molecular weight is 180 g/mol. The van der Waals surface area contributed by atoms with Crippen LogP contribution in [-0.2, 0) is 9.84 Å². The van der Waals surface area contributed by atoms with Crippen molar-refractivity contribution in [3.8, 4) is 0 Å². The van der Waals surface area contributed by atoms with Crippen LogP contribution in [-0.4, -0.2) is 31.1 Å². The summed E-state index contributed by atoms with van der Waals surface area (Å²) in [6, 6.07) is 0. The second-order valence-corrected chi connectivity index (χ2v) is 4.98. The number of rotatable bonds is 5. The van der Waals surface area contributed by atoms with Gasteiger partial charge in [0.25, 0.3) is 0 Å². The molecule has 0 saturated carbocycles. The molecule has 3 nitrogen and oxygen atoms in total. The molecule has 68 valence electrons. The molecule has 0 heterocycles. The minimum atomic E-state index is -3.02. The summed E-state index contributed by atoms with van der Waals surface area (Å²) in [6.45, 7) is 3.34. The van der Waals surface area contributed by atoms with Gasteiger partial charge >= 0.3 is 0 Å². The Hall–Kier alpha value is -0.0900. The van der Waals surface area contributed by atoms with E-state index in [4.69, 9.17) is 5.11 Å². The predicted molar refractivity (Wildman–Crippen MR) is 45.2 cm³/mol. The molecular formula is C7H16O3S. The fourth-order valence-electron chi connectivity index (χ4n) is 0.948. The molecule has 0 rings (SSSR count). The third-order valence-electron chi connectivity index (χ3n) is 1.66. The molecule has 0 aromatic rings. The SMILES string of the molecule is CCCS(=O)(=O)C(CC)CO. The maximum absolute atomic E-state index is 11.2. The van der Waals surface area contributed by atoms with Crippen LogP contribution in [0.3, 0.4) is 0 Å². The molecule has 0 spiro atoms. The van der Waals surface area contributed by atoms with Gasteiger partial charge in [0, 0.05) is 0 Å². The molecular weight excluding hydrogens is 164 g/mol. The van der Waals surface area contributed by atoms with Crippen molar-refractivity contribution < 1.29 is 13.5 Å². The lowest BCUT2D eigenvalue weighted by atomic mass is 10.3. The summed E-state index contributed by atoms with van der Waals surface area (Å²) in [4.78, 5) is 0. The molecule has 1 unspecified atom stereocenters. The summed E-state index contributed by atoms with van der Waals surface area (Å²) in [5, 5.41) is 8.16. The van der Waals surface area contributed by atoms with E-state index in [0.29, 0.717) is 12.8 Å². The molecule has 4 heteroatoms. The highest BCUT2D eigenvalue weighted by Crippen LogP contribution is 2.07. The molecule has 1 atom stereocenters. The molecule has 0 saturated heterocycles. The highest BCUT2D eigenvalue weighted by atomic mass is 32.2. The van der Waals surface area contributed by atoms with Gasteiger partial charge in [-0.15, -0.1) is 0 Å². The first-order valence-corrected chi connectivity index (χ1v) is 5.62. The highest BCUT2D eigenvalue weighted by Gasteiger charge is 2.21. The van der Waals surface area contributed by atoms with Crippen LogP contribution in [0.25, 0.3) is 0 Å². The number of hydrogen-bond acceptors (Lipinski definition) is 3. The van der Waals surface area contributed by atoms with Crippen LogP contribution in [0.1, 0.15) is 26.7 Å². The summed E-state index contributed by atoms with van der Waals surface area (Å²) in [6.07, 6.45) is 1.12. The van der Waals surface area contributed by atoms with Gasteiger partial charge in [0.1, 0.15) is 0 Å². The van der Waals surface area contributed by atoms with E-state index < -0.39 is 15.1 Å². The molecule has 0 fully saturated rings. The van der Waals surface area contributed by atoms with Gasteiger partial charge in [-0.25, -0.2) is 8.42 Å². The number of aliphatic hydroxyl groups excluding tert-OH is 1. The third kappa shape index (κ3) is 3.20. The van der Waals surface area contributed by atoms with E-state index >= 15 is 0 Å². The normalized spacial score (nSPS) is 14.8. The van der Waals surface area contributed by atoms with Crippen molar-refractivity contribution in [2.45, 2.75) is 31.9 Å². The van der Waals surface area contributed by atoms with Crippen molar-refractivity contribution in [3.63, 3.8) is 0 Å². The number of hydrogen-bond donors (Lipinski definition) is 1. The molecule has 1 N–H and O–H groups in total. The summed E-state index contributed by atoms with van der Waals surface area (Å²) in [5.74, 6) is 0.187. The first-order valence-electron chi connectivity index (χ1n) is 3.90. The van der Waals surface area contributed by atoms with Crippen LogP contribution in [0.2, 0.25) is 0 Å². The lowest BCUT2D eigenvalue weighted by Crippen LogP contribution is -2.26. The van der Waals surface area contributed by atoms with Gasteiger partial charge in [-0.2, -0.15) is 0 Å². The Morgan fingerprint density at radius 2 is 1.91 bits per heavy atom. The van der Waals surface area contributed by atoms with Crippen LogP contribution in [0.4, 0.5) is 0 Å². The zero-order chi connectivity index (χ0) is 8.91. The Bertz CT molecular complexity index is 180. The van der Waals surface area contributed by atoms with Crippen LogP contribution in [0.5, 0.6) is 0 Å². The van der Waals surface area contributed by atoms with Crippen LogP contribution >= 0.6 is 0 Å². The van der Waals surface area contributed by atoms with Crippen LogP contribution in [0.15, 0.2) is 0 Å². The van der Waals surface area contributed by atoms with Gasteiger partial charge in [-0.1, -0.05) is 13.8 Å². The second-order valence-electron chi connectivity index (χ2n) is 2.58. The molecule has 0 radical (unpaired) electrons. The van der Waals surface area contributed by atoms with Crippen LogP contribution in [0, 0.1) is 0 Å². The highest BCUT2D eigenvalue weighted by molar-refractivity contribution is 7.92. The molecule has 0 bridgehead atoms. The van der Waals surface area contributed by atoms with Gasteiger partial charge in [0.2, 0.25) is 0 Å². The van der Waals surface area contributed by atoms with E-state index in [1.54, 1.807) is 6.92 Å². The molecule has 0 amide bonds. The molecule has 11 heavy (non-hydrogen) atoms. The first kappa shape index (κ1) is 10.9. The minimum Gasteiger partial charge on any atom is -0.395 e. The van der Waals surface area contributed by atoms with E-state index in [-0.39, 0.29) is 12.4 Å². The van der Waals surface area contributed by atoms with E-state index in [2.05, 4.69) is 0 Å². The van der Waals surface area contributed by atoms with Crippen molar-refractivity contribution in [2.24, 2.45) is 0 Å². The predicted octanol–water partition coefficient (Wildman–Crippen LogP) is 0.582. The number of aliphatic hydroxyl groups is 1. The molecule has 0 aliphatic heterocycles. The van der Waals surface area contributed by atoms with Crippen molar-refractivity contribution in [2.75, 3.05) is 12.4 Å². The zero-order valence-electron chi connectivity index (χ0n) is 7.08. The van der Waals surface area contributed by atoms with Crippen molar-refractivity contribution in [1.29, 1.82) is 0 Å². The molecule has 0 aliphatic carbocycles. The van der Waals surface area contributed by atoms with Gasteiger partial charge in [0.05, 0.1) is 17.6 Å². The van der Waals surface area contributed by atoms with Crippen LogP contribution < -0.4 is 0 Å². The monoisotopic (exact) mass is 180 g/mol. The lowest BCUT2D eigenvalue weighted by Gasteiger charge is -2.11. The lowest BCUT2D eigenvalue weighted by molar-refractivity contribution is 0.287. The summed E-state index contributed by atoms with van der Waals surface area (Å²) in [7, 11) is -3.02. The smallest absolute Gasteiger partial charge is 0.155 e. The Labute approximate surface area is 68.3 Å². The summed E-state index contributed by atoms with van der Waals surface area (Å²) in [5.41, 5.74) is 0. The van der Waals surface area contributed by atoms with E-state index in [1.807, 2.05) is 6.92 Å². The Morgan fingerprint density at radius 1 is 1.36 bits per heavy atom. The quantitative estimate of drug-likeness (QED) is 0.673. The largest absolute Gasteiger partial charge is 0.395 e. The molecule has 0 aromatic carbocycles. The maximum Gasteiger partial charge on any atom is 0.155 e. The Morgan fingerprint density at radius 3 is 2.18 bits per heavy atom. The van der Waals surface area contributed by atoms with Gasteiger partial charge in [-0.3, -0.25) is 0 Å². The standard InChI is InChI=1S/C7H16O3S/c1-3-5-11(9,10)7(4-2)6-8/h7-8H,3-6H2,1-2H3. The van der Waals surface area contributed by atoms with Crippen molar-refractivity contribution in [1.82, 2.24) is 0 Å². The second kappa shape index (κ2) is 4.72. The van der Waals surface area contributed by atoms with Crippen molar-refractivity contribution in [3.05, 3.63) is 0 Å². The molecule has 0 aromatic heterocycles. The average Bonchev–Trinajstić information content (AvgIpc) is 1.89. The first-order chi connectivity index (χ1) is 5.08. The Kier molecular flexibility index (Phi) is 4.68. The zero-order valence-corrected chi connectivity index (χ0v) is 7.89. The van der Waals surface area contributed by atoms with E-state index in [0.717, 1.165) is 0 Å². The van der Waals surface area contributed by atoms with E-state index in [9.17, 15) is 8.42 Å². The summed E-state index contributed by atoms with van der Waals surface area (Å²) >= 11 is 0. The summed E-state index contributed by atoms with van der Waals surface area (Å²) < 4.78 is 22.5. The van der Waals surface area contributed by atoms with Crippen molar-refractivity contribution >= 4 is 9.84 Å². The minimum absolute atomic E-state index is 0.187. The Balaban J connectivity index is 4.26. The van der Waals surface area contributed by atoms with E-state index in [1.165, 1.54) is 0 Å². The molecule has 0 aliphatic rings. The topological polar surface area (TPSA) is 54.4 Å². The fraction of sp³-hybridized carbons (Fsp3) is 1.00. The number of sulfone groups is 1.